The summed E-state index contributed by atoms with van der Waals surface area (Å²) in [6, 6.07) is 0. The van der Waals surface area contributed by atoms with Crippen LogP contribution in [0.1, 0.15) is 11.4 Å². The number of hydrogen-bond acceptors (Lipinski definition) is 6. The van der Waals surface area contributed by atoms with Crippen LogP contribution in [0.5, 0.6) is 0 Å². The van der Waals surface area contributed by atoms with Crippen LogP contribution >= 0.6 is 0 Å². The van der Waals surface area contributed by atoms with Crippen LogP contribution in [0.15, 0.2) is 9.26 Å². The van der Waals surface area contributed by atoms with Crippen LogP contribution in [0.3, 0.4) is 0 Å². The van der Waals surface area contributed by atoms with Gasteiger partial charge >= 0.3 is 0 Å². The molecule has 0 atom stereocenters. The highest BCUT2D eigenvalue weighted by Crippen LogP contribution is 2.25. The van der Waals surface area contributed by atoms with Crippen LogP contribution < -0.4 is 9.81 Å². The molecule has 8 nitrogen and oxygen atoms in total. The smallest absolute Gasteiger partial charge is 0.299 e. The first-order chi connectivity index (χ1) is 6.77. The van der Waals surface area contributed by atoms with E-state index in [9.17, 15) is 10.4 Å². The third kappa shape index (κ3) is 0.721. The lowest BCUT2D eigenvalue weighted by molar-refractivity contribution is -0.808. The van der Waals surface area contributed by atoms with E-state index in [0.29, 0.717) is 29.1 Å². The second-order valence-electron chi connectivity index (χ2n) is 2.95. The Morgan fingerprint density at radius 2 is 1.86 bits per heavy atom. The second-order valence-corrected chi connectivity index (χ2v) is 2.95. The van der Waals surface area contributed by atoms with Crippen LogP contribution in [0.2, 0.25) is 0 Å². The maximum atomic E-state index is 11.1. The largest absolute Gasteiger partial charge is 0.359 e. The molecule has 0 saturated carbocycles. The van der Waals surface area contributed by atoms with Crippen molar-refractivity contribution in [3.63, 3.8) is 0 Å². The first kappa shape index (κ1) is 7.30. The maximum Gasteiger partial charge on any atom is 0.299 e. The predicted octanol–water partition coefficient (Wildman–Crippen LogP) is -1.30. The summed E-state index contributed by atoms with van der Waals surface area (Å²) in [6.07, 6.45) is 0.923. The minimum Gasteiger partial charge on any atom is -0.359 e. The number of nitrogens with zero attached hydrogens (tertiary/aromatic N) is 4. The molecule has 0 aliphatic heterocycles. The SMILES string of the molecule is [O-][n+]1onc2c1CCc1no[n+]([O-])c1-2. The van der Waals surface area contributed by atoms with Crippen molar-refractivity contribution >= 4 is 0 Å². The first-order valence-electron chi connectivity index (χ1n) is 3.95. The number of aryl methyl sites for hydroxylation is 1. The highest BCUT2D eigenvalue weighted by atomic mass is 16.8. The summed E-state index contributed by atoms with van der Waals surface area (Å²) in [7, 11) is 0. The molecule has 0 amide bonds. The second kappa shape index (κ2) is 2.22. The summed E-state index contributed by atoms with van der Waals surface area (Å²) >= 11 is 0. The number of aromatic nitrogens is 4. The van der Waals surface area contributed by atoms with Crippen molar-refractivity contribution in [1.29, 1.82) is 0 Å². The van der Waals surface area contributed by atoms with Gasteiger partial charge in [0.1, 0.15) is 0 Å². The van der Waals surface area contributed by atoms with E-state index in [2.05, 4.69) is 19.6 Å². The quantitative estimate of drug-likeness (QED) is 0.484. The Labute approximate surface area is 76.4 Å². The van der Waals surface area contributed by atoms with Crippen molar-refractivity contribution in [3.05, 3.63) is 21.8 Å². The molecule has 0 aromatic carbocycles. The fourth-order valence-corrected chi connectivity index (χ4v) is 1.56. The molecule has 3 rings (SSSR count). The van der Waals surface area contributed by atoms with Gasteiger partial charge in [0.25, 0.3) is 11.4 Å². The van der Waals surface area contributed by atoms with Crippen LogP contribution in [0, 0.1) is 10.4 Å². The third-order valence-corrected chi connectivity index (χ3v) is 2.20. The van der Waals surface area contributed by atoms with E-state index in [-0.39, 0.29) is 16.3 Å². The Morgan fingerprint density at radius 1 is 1.07 bits per heavy atom. The monoisotopic (exact) mass is 196 g/mol. The lowest BCUT2D eigenvalue weighted by Crippen LogP contribution is -2.32. The Morgan fingerprint density at radius 3 is 2.71 bits per heavy atom. The molecular formula is C6H4N4O4. The topological polar surface area (TPSA) is 106 Å². The van der Waals surface area contributed by atoms with Gasteiger partial charge in [0, 0.05) is 18.0 Å². The molecule has 8 heteroatoms. The maximum absolute atomic E-state index is 11.1. The minimum atomic E-state index is 0.171. The highest BCUT2D eigenvalue weighted by molar-refractivity contribution is 5.56. The Bertz CT molecular complexity index is 502. The van der Waals surface area contributed by atoms with Crippen molar-refractivity contribution in [1.82, 2.24) is 10.3 Å². The van der Waals surface area contributed by atoms with E-state index in [1.54, 1.807) is 0 Å². The molecule has 72 valence electrons. The molecule has 1 aliphatic rings. The van der Waals surface area contributed by atoms with Crippen molar-refractivity contribution in [2.45, 2.75) is 12.8 Å². The van der Waals surface area contributed by atoms with Crippen LogP contribution in [0.4, 0.5) is 0 Å². The Hall–Kier alpha value is -2.12. The van der Waals surface area contributed by atoms with Gasteiger partial charge in [0.2, 0.25) is 11.4 Å². The molecule has 0 radical (unpaired) electrons. The zero-order chi connectivity index (χ0) is 9.71. The van der Waals surface area contributed by atoms with E-state index in [1.807, 2.05) is 0 Å². The molecular weight excluding hydrogens is 192 g/mol. The molecule has 0 fully saturated rings. The first-order valence-corrected chi connectivity index (χ1v) is 3.95. The Kier molecular flexibility index (Phi) is 1.16. The van der Waals surface area contributed by atoms with Crippen molar-refractivity contribution < 1.29 is 19.1 Å². The highest BCUT2D eigenvalue weighted by Gasteiger charge is 2.37. The minimum absolute atomic E-state index is 0.171. The standard InChI is InChI=1S/C6H4N4O4/c11-9-4-2-1-3-6(5(4)8-14-9)10(12)13-7-3/h1-2H2. The molecule has 0 saturated heterocycles. The number of fused-ring (bicyclic) bond motifs is 3. The van der Waals surface area contributed by atoms with E-state index < -0.39 is 0 Å². The van der Waals surface area contributed by atoms with Crippen LogP contribution in [0.25, 0.3) is 11.4 Å². The number of hydrogen-bond donors (Lipinski definition) is 0. The average molecular weight is 196 g/mol. The molecule has 0 bridgehead atoms. The van der Waals surface area contributed by atoms with E-state index in [1.165, 1.54) is 0 Å². The van der Waals surface area contributed by atoms with Gasteiger partial charge < -0.3 is 10.4 Å². The Balaban J connectivity index is 2.32. The lowest BCUT2D eigenvalue weighted by atomic mass is 10.0. The summed E-state index contributed by atoms with van der Waals surface area (Å²) in [4.78, 5) is 0.529. The molecule has 0 unspecified atom stereocenters. The average Bonchev–Trinajstić information content (AvgIpc) is 2.72. The molecule has 2 heterocycles. The van der Waals surface area contributed by atoms with Gasteiger partial charge in [0.05, 0.1) is 5.16 Å². The van der Waals surface area contributed by atoms with Gasteiger partial charge in [-0.1, -0.05) is 0 Å². The molecule has 2 aromatic rings. The molecule has 0 N–H and O–H groups in total. The fraction of sp³-hybridized carbons (Fsp3) is 0.333. The van der Waals surface area contributed by atoms with E-state index in [4.69, 9.17) is 0 Å². The lowest BCUT2D eigenvalue weighted by Gasteiger charge is -1.99. The predicted molar refractivity (Wildman–Crippen MR) is 37.3 cm³/mol. The van der Waals surface area contributed by atoms with Crippen LogP contribution in [-0.4, -0.2) is 10.3 Å². The molecule has 1 aliphatic carbocycles. The molecule has 14 heavy (non-hydrogen) atoms. The van der Waals surface area contributed by atoms with E-state index in [0.717, 1.165) is 0 Å². The van der Waals surface area contributed by atoms with Gasteiger partial charge in [-0.3, -0.25) is 9.26 Å². The van der Waals surface area contributed by atoms with E-state index >= 15 is 0 Å². The molecule has 2 aromatic heterocycles. The van der Waals surface area contributed by atoms with Crippen molar-refractivity contribution in [2.24, 2.45) is 0 Å². The summed E-state index contributed by atoms with van der Waals surface area (Å²) in [5.74, 6) is 0. The number of rotatable bonds is 0. The summed E-state index contributed by atoms with van der Waals surface area (Å²) < 4.78 is 8.79. The zero-order valence-electron chi connectivity index (χ0n) is 6.84. The van der Waals surface area contributed by atoms with Gasteiger partial charge in [0.15, 0.2) is 0 Å². The van der Waals surface area contributed by atoms with Gasteiger partial charge in [-0.2, -0.15) is 0 Å². The summed E-state index contributed by atoms with van der Waals surface area (Å²) in [5, 5.41) is 29.2. The summed E-state index contributed by atoms with van der Waals surface area (Å²) in [5.41, 5.74) is 1.23. The third-order valence-electron chi connectivity index (χ3n) is 2.20. The fourth-order valence-electron chi connectivity index (χ4n) is 1.56. The normalized spacial score (nSPS) is 13.7. The zero-order valence-corrected chi connectivity index (χ0v) is 6.84. The van der Waals surface area contributed by atoms with Gasteiger partial charge in [-0.15, -0.1) is 0 Å². The van der Waals surface area contributed by atoms with Gasteiger partial charge in [-0.05, 0) is 9.81 Å². The summed E-state index contributed by atoms with van der Waals surface area (Å²) in [6.45, 7) is 0. The van der Waals surface area contributed by atoms with Crippen LogP contribution in [-0.2, 0) is 12.8 Å². The van der Waals surface area contributed by atoms with Crippen molar-refractivity contribution in [3.8, 4) is 11.4 Å². The molecule has 0 spiro atoms. The van der Waals surface area contributed by atoms with Gasteiger partial charge in [-0.25, -0.2) is 0 Å². The van der Waals surface area contributed by atoms with Crippen molar-refractivity contribution in [2.75, 3.05) is 0 Å².